The maximum atomic E-state index is 12.9. The number of nitrogens with zero attached hydrogens (tertiary/aromatic N) is 2. The second-order valence-electron chi connectivity index (χ2n) is 8.91. The molecular formula is C22H34N2O3. The van der Waals surface area contributed by atoms with E-state index in [-0.39, 0.29) is 23.3 Å². The van der Waals surface area contributed by atoms with Crippen LogP contribution in [-0.4, -0.2) is 53.9 Å². The number of hydrogen-bond donors (Lipinski definition) is 0. The average molecular weight is 375 g/mol. The van der Waals surface area contributed by atoms with Crippen molar-refractivity contribution in [3.63, 3.8) is 0 Å². The molecule has 2 amide bonds. The fourth-order valence-electron chi connectivity index (χ4n) is 3.29. The molecule has 150 valence electrons. The van der Waals surface area contributed by atoms with Gasteiger partial charge in [-0.05, 0) is 56.4 Å². The summed E-state index contributed by atoms with van der Waals surface area (Å²) in [5.41, 5.74) is 1.63. The van der Waals surface area contributed by atoms with E-state index in [4.69, 9.17) is 4.74 Å². The van der Waals surface area contributed by atoms with E-state index in [9.17, 15) is 9.59 Å². The molecule has 1 aliphatic rings. The van der Waals surface area contributed by atoms with Gasteiger partial charge in [0.2, 0.25) is 5.91 Å². The zero-order chi connectivity index (χ0) is 20.2. The van der Waals surface area contributed by atoms with Crippen molar-refractivity contribution in [2.45, 2.75) is 60.5 Å². The van der Waals surface area contributed by atoms with Crippen molar-refractivity contribution in [3.05, 3.63) is 29.3 Å². The highest BCUT2D eigenvalue weighted by Crippen LogP contribution is 2.23. The van der Waals surface area contributed by atoms with Gasteiger partial charge in [0, 0.05) is 38.2 Å². The highest BCUT2D eigenvalue weighted by Gasteiger charge is 2.25. The number of benzene rings is 1. The Morgan fingerprint density at radius 3 is 2.30 bits per heavy atom. The Morgan fingerprint density at radius 1 is 1.07 bits per heavy atom. The number of ether oxygens (including phenoxy) is 1. The second kappa shape index (κ2) is 8.77. The van der Waals surface area contributed by atoms with Crippen molar-refractivity contribution in [1.29, 1.82) is 0 Å². The second-order valence-corrected chi connectivity index (χ2v) is 8.91. The Bertz CT molecular complexity index is 677. The van der Waals surface area contributed by atoms with Crippen LogP contribution in [0.2, 0.25) is 0 Å². The first-order valence-electron chi connectivity index (χ1n) is 9.91. The van der Waals surface area contributed by atoms with Crippen molar-refractivity contribution in [3.8, 4) is 5.75 Å². The van der Waals surface area contributed by atoms with E-state index in [0.717, 1.165) is 24.3 Å². The summed E-state index contributed by atoms with van der Waals surface area (Å²) in [4.78, 5) is 29.2. The maximum Gasteiger partial charge on any atom is 0.253 e. The molecule has 1 heterocycles. The molecule has 0 aliphatic carbocycles. The maximum absolute atomic E-state index is 12.9. The van der Waals surface area contributed by atoms with Gasteiger partial charge >= 0.3 is 0 Å². The fourth-order valence-corrected chi connectivity index (χ4v) is 3.29. The Labute approximate surface area is 163 Å². The van der Waals surface area contributed by atoms with E-state index in [1.54, 1.807) is 0 Å². The minimum absolute atomic E-state index is 0.0176. The van der Waals surface area contributed by atoms with E-state index < -0.39 is 0 Å². The van der Waals surface area contributed by atoms with Crippen molar-refractivity contribution in [1.82, 2.24) is 9.80 Å². The lowest BCUT2D eigenvalue weighted by atomic mass is 9.91. The topological polar surface area (TPSA) is 49.9 Å². The molecule has 0 radical (unpaired) electrons. The summed E-state index contributed by atoms with van der Waals surface area (Å²) in [6.45, 7) is 14.8. The number of hydrogen-bond acceptors (Lipinski definition) is 3. The predicted molar refractivity (Wildman–Crippen MR) is 108 cm³/mol. The van der Waals surface area contributed by atoms with Gasteiger partial charge in [-0.15, -0.1) is 0 Å². The van der Waals surface area contributed by atoms with Gasteiger partial charge < -0.3 is 14.5 Å². The number of rotatable bonds is 4. The smallest absolute Gasteiger partial charge is 0.253 e. The lowest BCUT2D eigenvalue weighted by Crippen LogP contribution is -2.38. The predicted octanol–water partition coefficient (Wildman–Crippen LogP) is 3.89. The summed E-state index contributed by atoms with van der Waals surface area (Å²) < 4.78 is 5.76. The molecule has 0 bridgehead atoms. The van der Waals surface area contributed by atoms with Gasteiger partial charge in [-0.3, -0.25) is 9.59 Å². The van der Waals surface area contributed by atoms with Crippen LogP contribution in [0.5, 0.6) is 5.75 Å². The van der Waals surface area contributed by atoms with Crippen LogP contribution in [0.3, 0.4) is 0 Å². The lowest BCUT2D eigenvalue weighted by Gasteiger charge is -2.26. The summed E-state index contributed by atoms with van der Waals surface area (Å²) in [5.74, 6) is 1.03. The number of carbonyl (C=O) groups is 2. The van der Waals surface area contributed by atoms with Crippen LogP contribution < -0.4 is 4.74 Å². The van der Waals surface area contributed by atoms with Crippen LogP contribution >= 0.6 is 0 Å². The number of aryl methyl sites for hydroxylation is 1. The third-order valence-corrected chi connectivity index (χ3v) is 4.60. The van der Waals surface area contributed by atoms with Gasteiger partial charge in [-0.2, -0.15) is 0 Å². The minimum atomic E-state index is -0.0176. The summed E-state index contributed by atoms with van der Waals surface area (Å²) in [6.07, 6.45) is 1.46. The molecule has 0 spiro atoms. The van der Waals surface area contributed by atoms with E-state index in [0.29, 0.717) is 31.6 Å². The van der Waals surface area contributed by atoms with Crippen LogP contribution in [0, 0.1) is 12.3 Å². The summed E-state index contributed by atoms with van der Waals surface area (Å²) in [7, 11) is 0. The van der Waals surface area contributed by atoms with Gasteiger partial charge in [0.05, 0.1) is 6.10 Å². The molecule has 0 aromatic heterocycles. The first kappa shape index (κ1) is 21.3. The normalized spacial score (nSPS) is 15.7. The van der Waals surface area contributed by atoms with E-state index in [1.807, 2.05) is 48.8 Å². The molecule has 5 heteroatoms. The van der Waals surface area contributed by atoms with Gasteiger partial charge in [0.1, 0.15) is 5.75 Å². The Morgan fingerprint density at radius 2 is 1.70 bits per heavy atom. The summed E-state index contributed by atoms with van der Waals surface area (Å²) in [6, 6.07) is 5.60. The van der Waals surface area contributed by atoms with Crippen LogP contribution in [0.15, 0.2) is 18.2 Å². The molecule has 27 heavy (non-hydrogen) atoms. The first-order chi connectivity index (χ1) is 12.6. The van der Waals surface area contributed by atoms with Crippen LogP contribution in [0.1, 0.15) is 63.4 Å². The molecule has 1 fully saturated rings. The molecule has 0 saturated carbocycles. The molecule has 1 saturated heterocycles. The molecule has 5 nitrogen and oxygen atoms in total. The Hall–Kier alpha value is -2.04. The zero-order valence-electron chi connectivity index (χ0n) is 17.7. The molecule has 0 unspecified atom stereocenters. The third-order valence-electron chi connectivity index (χ3n) is 4.60. The van der Waals surface area contributed by atoms with Gasteiger partial charge in [0.25, 0.3) is 5.91 Å². The van der Waals surface area contributed by atoms with Gasteiger partial charge in [-0.1, -0.05) is 20.8 Å². The fraction of sp³-hybridized carbons (Fsp3) is 0.636. The summed E-state index contributed by atoms with van der Waals surface area (Å²) >= 11 is 0. The molecule has 1 aliphatic heterocycles. The molecule has 1 aromatic carbocycles. The van der Waals surface area contributed by atoms with Gasteiger partial charge in [0.15, 0.2) is 0 Å². The molecule has 2 rings (SSSR count). The minimum Gasteiger partial charge on any atom is -0.491 e. The van der Waals surface area contributed by atoms with E-state index in [1.165, 1.54) is 0 Å². The van der Waals surface area contributed by atoms with Crippen molar-refractivity contribution >= 4 is 11.8 Å². The molecular weight excluding hydrogens is 340 g/mol. The van der Waals surface area contributed by atoms with E-state index in [2.05, 4.69) is 20.8 Å². The standard InChI is InChI=1S/C22H34N2O3/c1-16(2)27-19-9-8-18(14-17(19)3)21(26)24-11-7-10-23(12-13-24)20(25)15-22(4,5)6/h8-9,14,16H,7,10-13,15H2,1-6H3. The summed E-state index contributed by atoms with van der Waals surface area (Å²) in [5, 5.41) is 0. The number of carbonyl (C=O) groups excluding carboxylic acids is 2. The molecule has 1 aromatic rings. The lowest BCUT2D eigenvalue weighted by molar-refractivity contribution is -0.132. The van der Waals surface area contributed by atoms with Crippen molar-refractivity contribution < 1.29 is 14.3 Å². The largest absolute Gasteiger partial charge is 0.491 e. The Kier molecular flexibility index (Phi) is 6.90. The Balaban J connectivity index is 2.01. The van der Waals surface area contributed by atoms with Crippen LogP contribution in [0.25, 0.3) is 0 Å². The number of amides is 2. The highest BCUT2D eigenvalue weighted by molar-refractivity contribution is 5.94. The SMILES string of the molecule is Cc1cc(C(=O)N2CCCN(C(=O)CC(C)(C)C)CC2)ccc1OC(C)C. The quantitative estimate of drug-likeness (QED) is 0.803. The van der Waals surface area contributed by atoms with Crippen molar-refractivity contribution in [2.75, 3.05) is 26.2 Å². The average Bonchev–Trinajstić information content (AvgIpc) is 2.80. The molecule has 0 N–H and O–H groups in total. The first-order valence-corrected chi connectivity index (χ1v) is 9.91. The monoisotopic (exact) mass is 374 g/mol. The van der Waals surface area contributed by atoms with Crippen LogP contribution in [-0.2, 0) is 4.79 Å². The zero-order valence-corrected chi connectivity index (χ0v) is 17.7. The molecule has 0 atom stereocenters. The van der Waals surface area contributed by atoms with Crippen molar-refractivity contribution in [2.24, 2.45) is 5.41 Å². The van der Waals surface area contributed by atoms with E-state index >= 15 is 0 Å². The van der Waals surface area contributed by atoms with Crippen LogP contribution in [0.4, 0.5) is 0 Å². The highest BCUT2D eigenvalue weighted by atomic mass is 16.5. The van der Waals surface area contributed by atoms with Gasteiger partial charge in [-0.25, -0.2) is 0 Å². The third kappa shape index (κ3) is 6.26.